The van der Waals surface area contributed by atoms with Gasteiger partial charge in [-0.15, -0.1) is 0 Å². The number of hydrogen-bond acceptors (Lipinski definition) is 5. The van der Waals surface area contributed by atoms with Gasteiger partial charge >= 0.3 is 0 Å². The molecule has 0 saturated heterocycles. The SMILES string of the molecule is CCn1cc(CC(NN)c2cnc3ccccc3n2)cn1. The van der Waals surface area contributed by atoms with Crippen molar-refractivity contribution < 1.29 is 0 Å². The van der Waals surface area contributed by atoms with Gasteiger partial charge in [-0.3, -0.25) is 20.9 Å². The summed E-state index contributed by atoms with van der Waals surface area (Å²) in [5.74, 6) is 5.69. The van der Waals surface area contributed by atoms with E-state index < -0.39 is 0 Å². The van der Waals surface area contributed by atoms with Gasteiger partial charge in [-0.25, -0.2) is 4.98 Å². The Balaban J connectivity index is 1.86. The lowest BCUT2D eigenvalue weighted by molar-refractivity contribution is 0.537. The van der Waals surface area contributed by atoms with Crippen molar-refractivity contribution in [2.45, 2.75) is 25.9 Å². The van der Waals surface area contributed by atoms with Crippen LogP contribution >= 0.6 is 0 Å². The summed E-state index contributed by atoms with van der Waals surface area (Å²) in [6, 6.07) is 7.72. The lowest BCUT2D eigenvalue weighted by Gasteiger charge is -2.14. The molecule has 3 rings (SSSR count). The van der Waals surface area contributed by atoms with Crippen LogP contribution in [0, 0.1) is 0 Å². The maximum absolute atomic E-state index is 5.69. The topological polar surface area (TPSA) is 81.7 Å². The van der Waals surface area contributed by atoms with E-state index in [1.54, 1.807) is 6.20 Å². The third-order valence-corrected chi connectivity index (χ3v) is 3.48. The van der Waals surface area contributed by atoms with Gasteiger partial charge in [-0.2, -0.15) is 5.10 Å². The first-order valence-electron chi connectivity index (χ1n) is 6.99. The van der Waals surface area contributed by atoms with E-state index in [1.165, 1.54) is 0 Å². The van der Waals surface area contributed by atoms with Crippen LogP contribution in [0.4, 0.5) is 0 Å². The molecule has 2 heterocycles. The van der Waals surface area contributed by atoms with Crippen LogP contribution in [0.2, 0.25) is 0 Å². The fourth-order valence-corrected chi connectivity index (χ4v) is 2.31. The number of hydrogen-bond donors (Lipinski definition) is 2. The average molecular weight is 282 g/mol. The fraction of sp³-hybridized carbons (Fsp3) is 0.267. The summed E-state index contributed by atoms with van der Waals surface area (Å²) in [7, 11) is 0. The van der Waals surface area contributed by atoms with Gasteiger partial charge in [0, 0.05) is 12.7 Å². The average Bonchev–Trinajstić information content (AvgIpc) is 3.00. The van der Waals surface area contributed by atoms with Crippen LogP contribution in [0.25, 0.3) is 11.0 Å². The van der Waals surface area contributed by atoms with Crippen molar-refractivity contribution >= 4 is 11.0 Å². The lowest BCUT2D eigenvalue weighted by atomic mass is 10.1. The Morgan fingerprint density at radius 1 is 1.24 bits per heavy atom. The number of rotatable bonds is 5. The molecule has 0 radical (unpaired) electrons. The molecule has 6 nitrogen and oxygen atoms in total. The van der Waals surface area contributed by atoms with Gasteiger partial charge in [-0.05, 0) is 31.0 Å². The second-order valence-electron chi connectivity index (χ2n) is 4.91. The van der Waals surface area contributed by atoms with Crippen LogP contribution in [0.15, 0.2) is 42.9 Å². The minimum absolute atomic E-state index is 0.0865. The van der Waals surface area contributed by atoms with E-state index in [2.05, 4.69) is 27.4 Å². The van der Waals surface area contributed by atoms with Crippen LogP contribution in [0.1, 0.15) is 24.2 Å². The molecule has 108 valence electrons. The summed E-state index contributed by atoms with van der Waals surface area (Å²) in [5.41, 5.74) is 6.53. The third-order valence-electron chi connectivity index (χ3n) is 3.48. The van der Waals surface area contributed by atoms with E-state index in [0.717, 1.165) is 35.3 Å². The Hall–Kier alpha value is -2.31. The zero-order valence-electron chi connectivity index (χ0n) is 11.9. The summed E-state index contributed by atoms with van der Waals surface area (Å²) in [5, 5.41) is 4.28. The summed E-state index contributed by atoms with van der Waals surface area (Å²) < 4.78 is 1.90. The molecule has 3 N–H and O–H groups in total. The number of nitrogens with one attached hydrogen (secondary N) is 1. The molecule has 0 bridgehead atoms. The fourth-order valence-electron chi connectivity index (χ4n) is 2.31. The largest absolute Gasteiger partial charge is 0.273 e. The lowest BCUT2D eigenvalue weighted by Crippen LogP contribution is -2.30. The second kappa shape index (κ2) is 5.99. The highest BCUT2D eigenvalue weighted by Crippen LogP contribution is 2.17. The van der Waals surface area contributed by atoms with Gasteiger partial charge in [0.2, 0.25) is 0 Å². The van der Waals surface area contributed by atoms with Gasteiger partial charge in [0.15, 0.2) is 0 Å². The molecule has 6 heteroatoms. The van der Waals surface area contributed by atoms with E-state index in [9.17, 15) is 0 Å². The maximum Gasteiger partial charge on any atom is 0.0890 e. The molecular weight excluding hydrogens is 264 g/mol. The Morgan fingerprint density at radius 3 is 2.76 bits per heavy atom. The van der Waals surface area contributed by atoms with Crippen LogP contribution < -0.4 is 11.3 Å². The summed E-state index contributed by atoms with van der Waals surface area (Å²) in [6.07, 6.45) is 6.39. The molecule has 21 heavy (non-hydrogen) atoms. The van der Waals surface area contributed by atoms with Crippen molar-refractivity contribution in [2.24, 2.45) is 5.84 Å². The number of aromatic nitrogens is 4. The molecule has 0 aliphatic rings. The summed E-state index contributed by atoms with van der Waals surface area (Å²) >= 11 is 0. The van der Waals surface area contributed by atoms with E-state index >= 15 is 0 Å². The van der Waals surface area contributed by atoms with Crippen molar-refractivity contribution in [2.75, 3.05) is 0 Å². The first-order valence-corrected chi connectivity index (χ1v) is 6.99. The third kappa shape index (κ3) is 2.91. The molecule has 0 saturated carbocycles. The number of fused-ring (bicyclic) bond motifs is 1. The molecule has 1 atom stereocenters. The molecule has 2 aromatic heterocycles. The van der Waals surface area contributed by atoms with Gasteiger partial charge in [0.05, 0.1) is 35.2 Å². The van der Waals surface area contributed by atoms with Crippen LogP contribution in [0.5, 0.6) is 0 Å². The molecule has 3 aromatic rings. The zero-order chi connectivity index (χ0) is 14.7. The smallest absolute Gasteiger partial charge is 0.0890 e. The number of benzene rings is 1. The molecule has 1 aromatic carbocycles. The van der Waals surface area contributed by atoms with E-state index in [1.807, 2.05) is 41.3 Å². The van der Waals surface area contributed by atoms with E-state index in [4.69, 9.17) is 5.84 Å². The van der Waals surface area contributed by atoms with E-state index in [0.29, 0.717) is 0 Å². The van der Waals surface area contributed by atoms with Crippen molar-refractivity contribution in [3.8, 4) is 0 Å². The molecule has 1 unspecified atom stereocenters. The van der Waals surface area contributed by atoms with Gasteiger partial charge < -0.3 is 0 Å². The van der Waals surface area contributed by atoms with Crippen LogP contribution in [-0.2, 0) is 13.0 Å². The number of nitrogens with two attached hydrogens (primary N) is 1. The highest BCUT2D eigenvalue weighted by Gasteiger charge is 2.14. The predicted molar refractivity (Wildman–Crippen MR) is 81.2 cm³/mol. The van der Waals surface area contributed by atoms with Crippen molar-refractivity contribution in [3.63, 3.8) is 0 Å². The minimum Gasteiger partial charge on any atom is -0.273 e. The van der Waals surface area contributed by atoms with Gasteiger partial charge in [0.25, 0.3) is 0 Å². The molecule has 0 fully saturated rings. The molecule has 0 spiro atoms. The van der Waals surface area contributed by atoms with Crippen LogP contribution in [0.3, 0.4) is 0 Å². The summed E-state index contributed by atoms with van der Waals surface area (Å²) in [6.45, 7) is 2.92. The number of aryl methyl sites for hydroxylation is 1. The highest BCUT2D eigenvalue weighted by molar-refractivity contribution is 5.73. The monoisotopic (exact) mass is 282 g/mol. The van der Waals surface area contributed by atoms with Crippen molar-refractivity contribution in [3.05, 3.63) is 54.1 Å². The van der Waals surface area contributed by atoms with Crippen molar-refractivity contribution in [1.29, 1.82) is 0 Å². The number of para-hydroxylation sites is 2. The molecular formula is C15H18N6. The molecule has 0 aliphatic heterocycles. The van der Waals surface area contributed by atoms with E-state index in [-0.39, 0.29) is 6.04 Å². The van der Waals surface area contributed by atoms with Crippen molar-refractivity contribution in [1.82, 2.24) is 25.2 Å². The Kier molecular flexibility index (Phi) is 3.89. The first-order chi connectivity index (χ1) is 10.3. The normalized spacial score (nSPS) is 12.7. The second-order valence-corrected chi connectivity index (χ2v) is 4.91. The number of hydrazine groups is 1. The Labute approximate surface area is 123 Å². The standard InChI is InChI=1S/C15H18N6/c1-2-21-10-11(8-18-21)7-14(20-16)15-9-17-12-5-3-4-6-13(12)19-15/h3-6,8-10,14,20H,2,7,16H2,1H3. The summed E-state index contributed by atoms with van der Waals surface area (Å²) in [4.78, 5) is 9.07. The number of nitrogens with zero attached hydrogens (tertiary/aromatic N) is 4. The zero-order valence-corrected chi connectivity index (χ0v) is 11.9. The highest BCUT2D eigenvalue weighted by atomic mass is 15.3. The van der Waals surface area contributed by atoms with Gasteiger partial charge in [0.1, 0.15) is 0 Å². The predicted octanol–water partition coefficient (Wildman–Crippen LogP) is 1.59. The minimum atomic E-state index is -0.0865. The van der Waals surface area contributed by atoms with Crippen LogP contribution in [-0.4, -0.2) is 19.7 Å². The Morgan fingerprint density at radius 2 is 2.05 bits per heavy atom. The molecule has 0 amide bonds. The maximum atomic E-state index is 5.69. The molecule has 0 aliphatic carbocycles. The Bertz CT molecular complexity index is 736. The quantitative estimate of drug-likeness (QED) is 0.548. The van der Waals surface area contributed by atoms with Gasteiger partial charge in [-0.1, -0.05) is 12.1 Å². The first kappa shape index (κ1) is 13.7.